The number of nitrogens with zero attached hydrogens (tertiary/aromatic N) is 2. The Bertz CT molecular complexity index is 608. The Hall–Kier alpha value is -2.36. The molecular weight excluding hydrogens is 228 g/mol. The highest BCUT2D eigenvalue weighted by Crippen LogP contribution is 2.22. The monoisotopic (exact) mass is 242 g/mol. The highest BCUT2D eigenvalue weighted by atomic mass is 16.4. The molecule has 2 aromatic rings. The Morgan fingerprint density at radius 1 is 1.50 bits per heavy atom. The van der Waals surface area contributed by atoms with Gasteiger partial charge in [0.1, 0.15) is 5.82 Å². The summed E-state index contributed by atoms with van der Waals surface area (Å²) in [6.07, 6.45) is 1.75. The molecule has 0 fully saturated rings. The van der Waals surface area contributed by atoms with E-state index in [1.165, 1.54) is 0 Å². The van der Waals surface area contributed by atoms with Crippen molar-refractivity contribution in [1.29, 1.82) is 0 Å². The van der Waals surface area contributed by atoms with Gasteiger partial charge in [0.25, 0.3) is 0 Å². The number of carbonyl (C=O) groups is 1. The zero-order valence-corrected chi connectivity index (χ0v) is 10.1. The van der Waals surface area contributed by atoms with Gasteiger partial charge in [0, 0.05) is 19.0 Å². The fraction of sp³-hybridized carbons (Fsp3) is 0.143. The van der Waals surface area contributed by atoms with Gasteiger partial charge in [0.2, 0.25) is 0 Å². The minimum Gasteiger partial charge on any atom is -0.478 e. The lowest BCUT2D eigenvalue weighted by molar-refractivity contribution is 0.0699. The van der Waals surface area contributed by atoms with Crippen molar-refractivity contribution < 1.29 is 9.90 Å². The molecule has 4 nitrogen and oxygen atoms in total. The Morgan fingerprint density at radius 3 is 2.89 bits per heavy atom. The van der Waals surface area contributed by atoms with Gasteiger partial charge in [-0.05, 0) is 12.1 Å². The summed E-state index contributed by atoms with van der Waals surface area (Å²) in [5, 5.41) is 9.91. The van der Waals surface area contributed by atoms with Gasteiger partial charge in [0.05, 0.1) is 11.1 Å². The van der Waals surface area contributed by atoms with Crippen molar-refractivity contribution in [2.75, 3.05) is 18.5 Å². The summed E-state index contributed by atoms with van der Waals surface area (Å²) in [4.78, 5) is 17.6. The number of hydrogen-bond acceptors (Lipinski definition) is 3. The van der Waals surface area contributed by atoms with E-state index < -0.39 is 5.97 Å². The predicted molar refractivity (Wildman–Crippen MR) is 72.2 cm³/mol. The molecule has 0 aliphatic heterocycles. The molecule has 0 spiro atoms. The van der Waals surface area contributed by atoms with E-state index in [4.69, 9.17) is 0 Å². The third kappa shape index (κ3) is 2.18. The first-order chi connectivity index (χ1) is 8.63. The second kappa shape index (κ2) is 4.87. The third-order valence-corrected chi connectivity index (χ3v) is 2.73. The molecule has 1 heterocycles. The predicted octanol–water partition coefficient (Wildman–Crippen LogP) is 2.56. The first kappa shape index (κ1) is 12.1. The zero-order valence-electron chi connectivity index (χ0n) is 10.1. The van der Waals surface area contributed by atoms with Crippen LogP contribution < -0.4 is 4.90 Å². The van der Waals surface area contributed by atoms with Crippen molar-refractivity contribution >= 4 is 22.7 Å². The summed E-state index contributed by atoms with van der Waals surface area (Å²) in [7, 11) is 1.85. The number of aromatic carboxylic acids is 1. The third-order valence-electron chi connectivity index (χ3n) is 2.73. The van der Waals surface area contributed by atoms with Crippen LogP contribution in [-0.4, -0.2) is 29.7 Å². The Labute approximate surface area is 105 Å². The number of benzene rings is 1. The fourth-order valence-corrected chi connectivity index (χ4v) is 1.82. The summed E-state index contributed by atoms with van der Waals surface area (Å²) in [6, 6.07) is 8.83. The maximum atomic E-state index is 11.3. The maximum Gasteiger partial charge on any atom is 0.336 e. The molecule has 0 saturated carbocycles. The number of likely N-dealkylation sites (N-methyl/N-ethyl adjacent to an activating group) is 1. The van der Waals surface area contributed by atoms with Crippen molar-refractivity contribution in [3.8, 4) is 0 Å². The van der Waals surface area contributed by atoms with Crippen molar-refractivity contribution in [2.45, 2.75) is 0 Å². The van der Waals surface area contributed by atoms with Gasteiger partial charge in [0.15, 0.2) is 0 Å². The van der Waals surface area contributed by atoms with Gasteiger partial charge in [-0.15, -0.1) is 6.58 Å². The zero-order chi connectivity index (χ0) is 13.1. The van der Waals surface area contributed by atoms with Gasteiger partial charge >= 0.3 is 5.97 Å². The fourth-order valence-electron chi connectivity index (χ4n) is 1.82. The Morgan fingerprint density at radius 2 is 2.22 bits per heavy atom. The number of carboxylic acid groups (broad SMARTS) is 1. The molecule has 0 amide bonds. The van der Waals surface area contributed by atoms with Crippen LogP contribution in [0, 0.1) is 0 Å². The van der Waals surface area contributed by atoms with Crippen molar-refractivity contribution in [3.63, 3.8) is 0 Å². The largest absolute Gasteiger partial charge is 0.478 e. The second-order valence-electron chi connectivity index (χ2n) is 4.02. The van der Waals surface area contributed by atoms with Crippen LogP contribution in [0.2, 0.25) is 0 Å². The Balaban J connectivity index is 2.64. The van der Waals surface area contributed by atoms with Crippen LogP contribution in [0.15, 0.2) is 43.0 Å². The SMILES string of the molecule is C=CCN(C)c1cc(C(=O)O)c2ccccc2n1. The smallest absolute Gasteiger partial charge is 0.336 e. The summed E-state index contributed by atoms with van der Waals surface area (Å²) in [5.74, 6) is -0.312. The molecule has 1 N–H and O–H groups in total. The molecule has 0 aliphatic carbocycles. The van der Waals surface area contributed by atoms with Crippen molar-refractivity contribution in [1.82, 2.24) is 4.98 Å². The normalized spacial score (nSPS) is 10.3. The summed E-state index contributed by atoms with van der Waals surface area (Å²) < 4.78 is 0. The van der Waals surface area contributed by atoms with Crippen LogP contribution in [-0.2, 0) is 0 Å². The summed E-state index contributed by atoms with van der Waals surface area (Å²) >= 11 is 0. The highest BCUT2D eigenvalue weighted by Gasteiger charge is 2.12. The number of hydrogen-bond donors (Lipinski definition) is 1. The maximum absolute atomic E-state index is 11.3. The molecule has 2 rings (SSSR count). The minimum absolute atomic E-state index is 0.270. The lowest BCUT2D eigenvalue weighted by atomic mass is 10.1. The van der Waals surface area contributed by atoms with E-state index in [1.54, 1.807) is 18.2 Å². The first-order valence-corrected chi connectivity index (χ1v) is 5.58. The lowest BCUT2D eigenvalue weighted by Gasteiger charge is -2.17. The van der Waals surface area contributed by atoms with E-state index >= 15 is 0 Å². The average molecular weight is 242 g/mol. The number of para-hydroxylation sites is 1. The molecule has 0 radical (unpaired) electrons. The molecule has 0 aliphatic rings. The molecule has 18 heavy (non-hydrogen) atoms. The van der Waals surface area contributed by atoms with Crippen molar-refractivity contribution in [2.24, 2.45) is 0 Å². The number of pyridine rings is 1. The van der Waals surface area contributed by atoms with Gasteiger partial charge in [-0.3, -0.25) is 0 Å². The second-order valence-corrected chi connectivity index (χ2v) is 4.02. The van der Waals surface area contributed by atoms with Gasteiger partial charge in [-0.1, -0.05) is 24.3 Å². The first-order valence-electron chi connectivity index (χ1n) is 5.58. The van der Waals surface area contributed by atoms with Gasteiger partial charge in [-0.2, -0.15) is 0 Å². The lowest BCUT2D eigenvalue weighted by Crippen LogP contribution is -2.18. The van der Waals surface area contributed by atoms with Crippen LogP contribution in [0.25, 0.3) is 10.9 Å². The number of fused-ring (bicyclic) bond motifs is 1. The van der Waals surface area contributed by atoms with Gasteiger partial charge < -0.3 is 10.0 Å². The van der Waals surface area contributed by atoms with Gasteiger partial charge in [-0.25, -0.2) is 9.78 Å². The van der Waals surface area contributed by atoms with Crippen LogP contribution in [0.1, 0.15) is 10.4 Å². The Kier molecular flexibility index (Phi) is 3.28. The van der Waals surface area contributed by atoms with E-state index in [1.807, 2.05) is 30.1 Å². The number of rotatable bonds is 4. The summed E-state index contributed by atoms with van der Waals surface area (Å²) in [5.41, 5.74) is 0.954. The quantitative estimate of drug-likeness (QED) is 0.837. The molecule has 0 bridgehead atoms. The van der Waals surface area contributed by atoms with Crippen LogP contribution in [0.5, 0.6) is 0 Å². The summed E-state index contributed by atoms with van der Waals surface area (Å²) in [6.45, 7) is 4.28. The number of aromatic nitrogens is 1. The van der Waals surface area contributed by atoms with Crippen LogP contribution >= 0.6 is 0 Å². The molecule has 0 atom stereocenters. The molecule has 0 saturated heterocycles. The average Bonchev–Trinajstić information content (AvgIpc) is 2.37. The highest BCUT2D eigenvalue weighted by molar-refractivity contribution is 6.03. The van der Waals surface area contributed by atoms with Crippen LogP contribution in [0.4, 0.5) is 5.82 Å². The van der Waals surface area contributed by atoms with E-state index in [0.717, 1.165) is 0 Å². The van der Waals surface area contributed by atoms with Crippen LogP contribution in [0.3, 0.4) is 0 Å². The number of carboxylic acids is 1. The molecular formula is C14H14N2O2. The van der Waals surface area contributed by atoms with E-state index in [9.17, 15) is 9.90 Å². The number of anilines is 1. The van der Waals surface area contributed by atoms with E-state index in [-0.39, 0.29) is 5.56 Å². The molecule has 92 valence electrons. The topological polar surface area (TPSA) is 53.4 Å². The molecule has 1 aromatic heterocycles. The van der Waals surface area contributed by atoms with E-state index in [0.29, 0.717) is 23.3 Å². The molecule has 0 unspecified atom stereocenters. The van der Waals surface area contributed by atoms with Crippen molar-refractivity contribution in [3.05, 3.63) is 48.6 Å². The minimum atomic E-state index is -0.943. The van der Waals surface area contributed by atoms with E-state index in [2.05, 4.69) is 11.6 Å². The molecule has 4 heteroatoms. The standard InChI is InChI=1S/C14H14N2O2/c1-3-8-16(2)13-9-11(14(17)18)10-6-4-5-7-12(10)15-13/h3-7,9H,1,8H2,2H3,(H,17,18). The molecule has 1 aromatic carbocycles.